The van der Waals surface area contributed by atoms with E-state index < -0.39 is 12.1 Å². The van der Waals surface area contributed by atoms with Crippen LogP contribution >= 0.6 is 0 Å². The van der Waals surface area contributed by atoms with Crippen molar-refractivity contribution in [2.24, 2.45) is 0 Å². The predicted octanol–water partition coefficient (Wildman–Crippen LogP) is 3.24. The van der Waals surface area contributed by atoms with E-state index >= 15 is 0 Å². The molecule has 34 heavy (non-hydrogen) atoms. The highest BCUT2D eigenvalue weighted by Gasteiger charge is 2.48. The van der Waals surface area contributed by atoms with Crippen molar-refractivity contribution >= 4 is 22.4 Å². The van der Waals surface area contributed by atoms with Gasteiger partial charge in [0, 0.05) is 56.1 Å². The first kappa shape index (κ1) is 22.7. The lowest BCUT2D eigenvalue weighted by molar-refractivity contribution is 0.304. The van der Waals surface area contributed by atoms with Crippen molar-refractivity contribution < 1.29 is 14.2 Å². The number of hydrogen-bond donors (Lipinski definition) is 1. The molecule has 1 saturated heterocycles. The number of anilines is 2. The van der Waals surface area contributed by atoms with Crippen molar-refractivity contribution in [3.63, 3.8) is 0 Å². The zero-order valence-electron chi connectivity index (χ0n) is 19.7. The molecule has 5 rings (SSSR count). The van der Waals surface area contributed by atoms with Crippen molar-refractivity contribution in [2.75, 3.05) is 56.9 Å². The van der Waals surface area contributed by atoms with Gasteiger partial charge < -0.3 is 19.6 Å². The predicted molar refractivity (Wildman–Crippen MR) is 130 cm³/mol. The van der Waals surface area contributed by atoms with Gasteiger partial charge in [0.1, 0.15) is 24.0 Å². The zero-order chi connectivity index (χ0) is 23.7. The molecule has 0 amide bonds. The van der Waals surface area contributed by atoms with Crippen LogP contribution in [0.3, 0.4) is 0 Å². The molecule has 1 N–H and O–H groups in total. The van der Waals surface area contributed by atoms with Crippen LogP contribution < -0.4 is 14.5 Å². The molecule has 2 fully saturated rings. The minimum Gasteiger partial charge on any atom is -0.480 e. The Morgan fingerprint density at radius 3 is 2.62 bits per heavy atom. The molecule has 0 bridgehead atoms. The third-order valence-corrected chi connectivity index (χ3v) is 7.18. The molecule has 9 heteroatoms. The van der Waals surface area contributed by atoms with Crippen LogP contribution in [0.1, 0.15) is 43.1 Å². The van der Waals surface area contributed by atoms with E-state index in [1.807, 2.05) is 24.1 Å². The summed E-state index contributed by atoms with van der Waals surface area (Å²) in [5.41, 5.74) is 2.20. The highest BCUT2D eigenvalue weighted by Crippen LogP contribution is 2.48. The fourth-order valence-electron chi connectivity index (χ4n) is 4.80. The Balaban J connectivity index is 1.49. The molecular weight excluding hydrogens is 435 g/mol. The highest BCUT2D eigenvalue weighted by atomic mass is 19.1. The maximum Gasteiger partial charge on any atom is 0.235 e. The normalized spacial score (nSPS) is 17.7. The smallest absolute Gasteiger partial charge is 0.235 e. The molecule has 180 valence electrons. The van der Waals surface area contributed by atoms with Crippen LogP contribution in [0.5, 0.6) is 5.88 Å². The van der Waals surface area contributed by atoms with Crippen LogP contribution in [0.25, 0.3) is 10.9 Å². The maximum absolute atomic E-state index is 13.9. The van der Waals surface area contributed by atoms with Gasteiger partial charge in [0.2, 0.25) is 5.88 Å². The summed E-state index contributed by atoms with van der Waals surface area (Å²) in [7, 11) is 3.58. The van der Waals surface area contributed by atoms with E-state index in [0.29, 0.717) is 18.2 Å². The Kier molecular flexibility index (Phi) is 6.20. The maximum atomic E-state index is 13.9. The minimum atomic E-state index is -0.527. The summed E-state index contributed by atoms with van der Waals surface area (Å²) in [6.45, 7) is 1.79. The van der Waals surface area contributed by atoms with E-state index in [1.165, 1.54) is 0 Å². The lowest BCUT2D eigenvalue weighted by atomic mass is 9.93. The summed E-state index contributed by atoms with van der Waals surface area (Å²) >= 11 is 0. The number of hydrogen-bond acceptors (Lipinski definition) is 8. The molecule has 1 aromatic carbocycles. The number of halogens is 1. The summed E-state index contributed by atoms with van der Waals surface area (Å²) < 4.78 is 19.3. The van der Waals surface area contributed by atoms with Gasteiger partial charge in [0.15, 0.2) is 0 Å². The second-order valence-electron chi connectivity index (χ2n) is 9.34. The van der Waals surface area contributed by atoms with Gasteiger partial charge >= 0.3 is 0 Å². The molecule has 2 aromatic heterocycles. The van der Waals surface area contributed by atoms with E-state index in [-0.39, 0.29) is 12.5 Å². The fourth-order valence-corrected chi connectivity index (χ4v) is 4.80. The van der Waals surface area contributed by atoms with Gasteiger partial charge in [-0.05, 0) is 43.9 Å². The van der Waals surface area contributed by atoms with Gasteiger partial charge in [-0.2, -0.15) is 0 Å². The highest BCUT2D eigenvalue weighted by molar-refractivity contribution is 5.92. The Bertz CT molecular complexity index is 1160. The molecule has 0 unspecified atom stereocenters. The second kappa shape index (κ2) is 9.29. The van der Waals surface area contributed by atoms with Crippen LogP contribution in [0.4, 0.5) is 15.9 Å². The molecule has 8 nitrogen and oxygen atoms in total. The van der Waals surface area contributed by atoms with Crippen molar-refractivity contribution in [1.29, 1.82) is 0 Å². The molecule has 3 aromatic rings. The first-order valence-electron chi connectivity index (χ1n) is 11.9. The zero-order valence-corrected chi connectivity index (χ0v) is 19.7. The van der Waals surface area contributed by atoms with E-state index in [1.54, 1.807) is 19.5 Å². The monoisotopic (exact) mass is 466 g/mol. The number of rotatable bonds is 8. The number of fused-ring (bicyclic) bond motifs is 1. The van der Waals surface area contributed by atoms with E-state index in [9.17, 15) is 9.50 Å². The van der Waals surface area contributed by atoms with Crippen molar-refractivity contribution in [2.45, 2.75) is 37.0 Å². The Labute approximate surface area is 198 Å². The minimum absolute atomic E-state index is 0.0786. The number of likely N-dealkylation sites (N-methyl/N-ethyl adjacent to an activating group) is 1. The lowest BCUT2D eigenvalue weighted by Gasteiger charge is -2.34. The molecule has 3 heterocycles. The van der Waals surface area contributed by atoms with Crippen molar-refractivity contribution in [1.82, 2.24) is 19.9 Å². The average Bonchev–Trinajstić information content (AvgIpc) is 3.69. The molecule has 0 radical (unpaired) electrons. The number of aliphatic hydroxyl groups excluding tert-OH is 1. The molecule has 0 atom stereocenters. The van der Waals surface area contributed by atoms with Crippen molar-refractivity contribution in [3.05, 3.63) is 42.1 Å². The summed E-state index contributed by atoms with van der Waals surface area (Å²) in [6.07, 6.45) is 6.74. The third-order valence-electron chi connectivity index (χ3n) is 7.18. The van der Waals surface area contributed by atoms with Gasteiger partial charge in [0.05, 0.1) is 24.6 Å². The molecule has 0 spiro atoms. The van der Waals surface area contributed by atoms with Gasteiger partial charge in [-0.15, -0.1) is 0 Å². The summed E-state index contributed by atoms with van der Waals surface area (Å²) in [5, 5.41) is 10.3. The molecule has 2 aliphatic rings. The molecular formula is C25H31FN6O2. The SMILES string of the molecule is COc1nccnc1C1CCN(c2nc(C3(CF)CC3)nc3ccc(N(C)CCO)cc23)CC1. The Morgan fingerprint density at radius 2 is 1.94 bits per heavy atom. The topological polar surface area (TPSA) is 87.5 Å². The van der Waals surface area contributed by atoms with Crippen LogP contribution in [0.15, 0.2) is 30.6 Å². The number of piperidine rings is 1. The first-order chi connectivity index (χ1) is 16.6. The lowest BCUT2D eigenvalue weighted by Crippen LogP contribution is -2.34. The molecule has 1 aliphatic carbocycles. The van der Waals surface area contributed by atoms with E-state index in [2.05, 4.69) is 20.9 Å². The average molecular weight is 467 g/mol. The van der Waals surface area contributed by atoms with Gasteiger partial charge in [0.25, 0.3) is 0 Å². The Morgan fingerprint density at radius 1 is 1.18 bits per heavy atom. The number of methoxy groups -OCH3 is 1. The van der Waals surface area contributed by atoms with Gasteiger partial charge in [-0.25, -0.2) is 19.3 Å². The standard InChI is InChI=1S/C25H31FN6O2/c1-31(13-14-33)18-3-4-20-19(15-18)22(30-24(29-20)25(16-26)7-8-25)32-11-5-17(6-12-32)21-23(34-2)28-10-9-27-21/h3-4,9-10,15,17,33H,5-8,11-14,16H2,1-2H3. The van der Waals surface area contributed by atoms with Crippen LogP contribution in [0.2, 0.25) is 0 Å². The van der Waals surface area contributed by atoms with Crippen LogP contribution in [-0.2, 0) is 5.41 Å². The summed E-state index contributed by atoms with van der Waals surface area (Å²) in [4.78, 5) is 22.9. The first-order valence-corrected chi connectivity index (χ1v) is 11.9. The molecule has 1 saturated carbocycles. The van der Waals surface area contributed by atoms with Gasteiger partial charge in [-0.3, -0.25) is 4.98 Å². The fraction of sp³-hybridized carbons (Fsp3) is 0.520. The van der Waals surface area contributed by atoms with Crippen molar-refractivity contribution in [3.8, 4) is 5.88 Å². The van der Waals surface area contributed by atoms with E-state index in [0.717, 1.165) is 66.9 Å². The number of benzene rings is 1. The van der Waals surface area contributed by atoms with Crippen LogP contribution in [0, 0.1) is 0 Å². The van der Waals surface area contributed by atoms with E-state index in [4.69, 9.17) is 14.7 Å². The van der Waals surface area contributed by atoms with Gasteiger partial charge in [-0.1, -0.05) is 0 Å². The number of ether oxygens (including phenoxy) is 1. The Hall–Kier alpha value is -3.07. The van der Waals surface area contributed by atoms with Crippen LogP contribution in [-0.4, -0.2) is 72.1 Å². The third kappa shape index (κ3) is 4.13. The number of aromatic nitrogens is 4. The molecule has 1 aliphatic heterocycles. The number of aliphatic hydroxyl groups is 1. The quantitative estimate of drug-likeness (QED) is 0.541. The summed E-state index contributed by atoms with van der Waals surface area (Å²) in [5.74, 6) is 2.33. The number of nitrogens with zero attached hydrogens (tertiary/aromatic N) is 6. The number of alkyl halides is 1. The summed E-state index contributed by atoms with van der Waals surface area (Å²) in [6, 6.07) is 6.07. The largest absolute Gasteiger partial charge is 0.480 e. The second-order valence-corrected chi connectivity index (χ2v) is 9.34.